The second-order valence-electron chi connectivity index (χ2n) is 4.82. The zero-order chi connectivity index (χ0) is 14.7. The van der Waals surface area contributed by atoms with E-state index in [-0.39, 0.29) is 5.91 Å². The van der Waals surface area contributed by atoms with Gasteiger partial charge in [0, 0.05) is 9.26 Å². The van der Waals surface area contributed by atoms with Crippen molar-refractivity contribution in [3.63, 3.8) is 0 Å². The summed E-state index contributed by atoms with van der Waals surface area (Å²) in [7, 11) is 0. The number of hydrogen-bond donors (Lipinski definition) is 1. The van der Waals surface area contributed by atoms with Gasteiger partial charge in [0.15, 0.2) is 0 Å². The minimum Gasteiger partial charge on any atom is -0.322 e. The molecule has 0 saturated heterocycles. The summed E-state index contributed by atoms with van der Waals surface area (Å²) in [6.45, 7) is 4.22. The molecule has 0 fully saturated rings. The number of anilines is 1. The van der Waals surface area contributed by atoms with Crippen molar-refractivity contribution in [2.75, 3.05) is 5.32 Å². The van der Waals surface area contributed by atoms with E-state index in [9.17, 15) is 4.79 Å². The zero-order valence-electron chi connectivity index (χ0n) is 11.3. The van der Waals surface area contributed by atoms with E-state index >= 15 is 0 Å². The van der Waals surface area contributed by atoms with Gasteiger partial charge in [-0.15, -0.1) is 0 Å². The van der Waals surface area contributed by atoms with Gasteiger partial charge in [-0.2, -0.15) is 0 Å². The van der Waals surface area contributed by atoms with E-state index in [4.69, 9.17) is 11.6 Å². The number of hydrogen-bond acceptors (Lipinski definition) is 1. The molecule has 0 aliphatic rings. The molecular formula is C16H15ClINO. The highest BCUT2D eigenvalue weighted by Crippen LogP contribution is 2.27. The standard InChI is InChI=1S/C16H15ClINO/c1-10(2)13-9-11(18)7-8-15(13)19-16(20)12-5-3-4-6-14(12)17/h3-10H,1-2H3,(H,19,20). The van der Waals surface area contributed by atoms with Crippen LogP contribution >= 0.6 is 34.2 Å². The van der Waals surface area contributed by atoms with E-state index < -0.39 is 0 Å². The van der Waals surface area contributed by atoms with Crippen LogP contribution in [0, 0.1) is 3.57 Å². The number of amides is 1. The Morgan fingerprint density at radius 1 is 1.20 bits per heavy atom. The van der Waals surface area contributed by atoms with Gasteiger partial charge < -0.3 is 5.32 Å². The Balaban J connectivity index is 2.31. The normalized spacial score (nSPS) is 10.7. The quantitative estimate of drug-likeness (QED) is 0.695. The van der Waals surface area contributed by atoms with Gasteiger partial charge in [-0.05, 0) is 64.4 Å². The van der Waals surface area contributed by atoms with Gasteiger partial charge in [0.1, 0.15) is 0 Å². The van der Waals surface area contributed by atoms with E-state index in [1.165, 1.54) is 0 Å². The van der Waals surface area contributed by atoms with E-state index in [0.29, 0.717) is 16.5 Å². The first kappa shape index (κ1) is 15.3. The summed E-state index contributed by atoms with van der Waals surface area (Å²) in [4.78, 5) is 12.3. The van der Waals surface area contributed by atoms with Crippen molar-refractivity contribution in [2.24, 2.45) is 0 Å². The molecule has 0 aromatic heterocycles. The van der Waals surface area contributed by atoms with Crippen molar-refractivity contribution in [3.05, 3.63) is 62.2 Å². The largest absolute Gasteiger partial charge is 0.322 e. The van der Waals surface area contributed by atoms with Crippen molar-refractivity contribution in [3.8, 4) is 0 Å². The molecule has 2 nitrogen and oxygen atoms in total. The fraction of sp³-hybridized carbons (Fsp3) is 0.188. The van der Waals surface area contributed by atoms with Crippen molar-refractivity contribution >= 4 is 45.8 Å². The van der Waals surface area contributed by atoms with Crippen LogP contribution in [-0.4, -0.2) is 5.91 Å². The average molecular weight is 400 g/mol. The molecule has 0 aliphatic carbocycles. The minimum absolute atomic E-state index is 0.182. The van der Waals surface area contributed by atoms with Gasteiger partial charge in [-0.1, -0.05) is 37.6 Å². The SMILES string of the molecule is CC(C)c1cc(I)ccc1NC(=O)c1ccccc1Cl. The Morgan fingerprint density at radius 2 is 1.90 bits per heavy atom. The van der Waals surface area contributed by atoms with Crippen LogP contribution in [0.2, 0.25) is 5.02 Å². The number of benzene rings is 2. The molecule has 0 radical (unpaired) electrons. The van der Waals surface area contributed by atoms with Gasteiger partial charge in [0.05, 0.1) is 10.6 Å². The third-order valence-corrected chi connectivity index (χ3v) is 4.00. The molecule has 2 rings (SSSR count). The molecule has 2 aromatic rings. The van der Waals surface area contributed by atoms with Crippen molar-refractivity contribution in [1.82, 2.24) is 0 Å². The molecule has 0 saturated carbocycles. The molecule has 104 valence electrons. The van der Waals surface area contributed by atoms with Crippen LogP contribution in [0.25, 0.3) is 0 Å². The maximum absolute atomic E-state index is 12.3. The van der Waals surface area contributed by atoms with Crippen LogP contribution in [-0.2, 0) is 0 Å². The molecule has 0 atom stereocenters. The maximum atomic E-state index is 12.3. The van der Waals surface area contributed by atoms with Gasteiger partial charge in [-0.3, -0.25) is 4.79 Å². The summed E-state index contributed by atoms with van der Waals surface area (Å²) in [5.74, 6) is 0.157. The van der Waals surface area contributed by atoms with Crippen molar-refractivity contribution < 1.29 is 4.79 Å². The molecule has 1 amide bonds. The molecule has 1 N–H and O–H groups in total. The van der Waals surface area contributed by atoms with Crippen molar-refractivity contribution in [2.45, 2.75) is 19.8 Å². The van der Waals surface area contributed by atoms with Crippen LogP contribution in [0.1, 0.15) is 35.7 Å². The van der Waals surface area contributed by atoms with E-state index in [1.807, 2.05) is 18.2 Å². The Morgan fingerprint density at radius 3 is 2.55 bits per heavy atom. The number of carbonyl (C=O) groups excluding carboxylic acids is 1. The van der Waals surface area contributed by atoms with Gasteiger partial charge in [-0.25, -0.2) is 0 Å². The maximum Gasteiger partial charge on any atom is 0.257 e. The molecular weight excluding hydrogens is 385 g/mol. The molecule has 0 unspecified atom stereocenters. The van der Waals surface area contributed by atoms with E-state index in [0.717, 1.165) is 14.8 Å². The first-order chi connectivity index (χ1) is 9.49. The number of halogens is 2. The highest BCUT2D eigenvalue weighted by atomic mass is 127. The molecule has 20 heavy (non-hydrogen) atoms. The van der Waals surface area contributed by atoms with Crippen LogP contribution in [0.15, 0.2) is 42.5 Å². The molecule has 0 bridgehead atoms. The smallest absolute Gasteiger partial charge is 0.257 e. The van der Waals surface area contributed by atoms with Crippen LogP contribution in [0.3, 0.4) is 0 Å². The van der Waals surface area contributed by atoms with E-state index in [2.05, 4.69) is 47.8 Å². The molecule has 2 aromatic carbocycles. The van der Waals surface area contributed by atoms with Crippen LogP contribution in [0.4, 0.5) is 5.69 Å². The summed E-state index contributed by atoms with van der Waals surface area (Å²) in [5, 5.41) is 3.41. The molecule has 0 heterocycles. The lowest BCUT2D eigenvalue weighted by atomic mass is 10.0. The lowest BCUT2D eigenvalue weighted by Crippen LogP contribution is -2.14. The van der Waals surface area contributed by atoms with Crippen LogP contribution < -0.4 is 5.32 Å². The zero-order valence-corrected chi connectivity index (χ0v) is 14.2. The summed E-state index contributed by atoms with van der Waals surface area (Å²) in [6, 6.07) is 13.1. The highest BCUT2D eigenvalue weighted by Gasteiger charge is 2.13. The number of rotatable bonds is 3. The third-order valence-electron chi connectivity index (χ3n) is 3.00. The van der Waals surface area contributed by atoms with Gasteiger partial charge in [0.25, 0.3) is 5.91 Å². The summed E-state index contributed by atoms with van der Waals surface area (Å²) in [5.41, 5.74) is 2.45. The Labute approximate surface area is 137 Å². The second-order valence-corrected chi connectivity index (χ2v) is 6.47. The first-order valence-corrected chi connectivity index (χ1v) is 7.80. The molecule has 4 heteroatoms. The number of nitrogens with one attached hydrogen (secondary N) is 1. The lowest BCUT2D eigenvalue weighted by molar-refractivity contribution is 0.102. The third kappa shape index (κ3) is 3.52. The number of carbonyl (C=O) groups is 1. The fourth-order valence-electron chi connectivity index (χ4n) is 1.96. The summed E-state index contributed by atoms with van der Waals surface area (Å²) >= 11 is 8.32. The highest BCUT2D eigenvalue weighted by molar-refractivity contribution is 14.1. The minimum atomic E-state index is -0.182. The second kappa shape index (κ2) is 6.59. The van der Waals surface area contributed by atoms with Gasteiger partial charge in [0.2, 0.25) is 0 Å². The summed E-state index contributed by atoms with van der Waals surface area (Å²) in [6.07, 6.45) is 0. The first-order valence-electron chi connectivity index (χ1n) is 6.34. The van der Waals surface area contributed by atoms with E-state index in [1.54, 1.807) is 18.2 Å². The fourth-order valence-corrected chi connectivity index (χ4v) is 2.70. The Kier molecular flexibility index (Phi) is 5.05. The predicted octanol–water partition coefficient (Wildman–Crippen LogP) is 5.32. The Hall–Kier alpha value is -1.07. The average Bonchev–Trinajstić information content (AvgIpc) is 2.41. The van der Waals surface area contributed by atoms with Crippen molar-refractivity contribution in [1.29, 1.82) is 0 Å². The van der Waals surface area contributed by atoms with Gasteiger partial charge >= 0.3 is 0 Å². The lowest BCUT2D eigenvalue weighted by Gasteiger charge is -2.14. The summed E-state index contributed by atoms with van der Waals surface area (Å²) < 4.78 is 1.15. The predicted molar refractivity (Wildman–Crippen MR) is 92.7 cm³/mol. The molecule has 0 aliphatic heterocycles. The monoisotopic (exact) mass is 399 g/mol. The Bertz CT molecular complexity index is 640. The molecule has 0 spiro atoms. The van der Waals surface area contributed by atoms with Crippen LogP contribution in [0.5, 0.6) is 0 Å². The topological polar surface area (TPSA) is 29.1 Å².